The third kappa shape index (κ3) is 5.26. The minimum absolute atomic E-state index is 0.253. The van der Waals surface area contributed by atoms with E-state index >= 15 is 0 Å². The largest absolute Gasteiger partial charge is 0.454 e. The first-order valence-electron chi connectivity index (χ1n) is 9.84. The summed E-state index contributed by atoms with van der Waals surface area (Å²) in [6.07, 6.45) is 2.83. The number of rotatable bonds is 8. The van der Waals surface area contributed by atoms with Gasteiger partial charge in [-0.1, -0.05) is 43.3 Å². The van der Waals surface area contributed by atoms with Gasteiger partial charge < -0.3 is 20.4 Å². The first kappa shape index (κ1) is 21.1. The van der Waals surface area contributed by atoms with Gasteiger partial charge in [-0.15, -0.1) is 0 Å². The molecular formula is C23H25N3O4. The topological polar surface area (TPSA) is 100 Å². The van der Waals surface area contributed by atoms with Crippen molar-refractivity contribution in [1.29, 1.82) is 0 Å². The van der Waals surface area contributed by atoms with E-state index in [0.29, 0.717) is 5.69 Å². The summed E-state index contributed by atoms with van der Waals surface area (Å²) in [7, 11) is 0. The highest BCUT2D eigenvalue weighted by atomic mass is 16.5. The Morgan fingerprint density at radius 3 is 2.53 bits per heavy atom. The standard InChI is InChI=1S/C23H25N3O4/c1-3-16-8-4-6-10-19(16)26-22(28)14-30-23(29)21(25-15(2)27)12-17-13-24-20-11-7-5-9-18(17)20/h4-11,13,21,24H,3,12,14H2,1-2H3,(H,25,27)(H,26,28). The second kappa shape index (κ2) is 9.73. The van der Waals surface area contributed by atoms with Crippen LogP contribution < -0.4 is 10.6 Å². The number of aromatic amines is 1. The van der Waals surface area contributed by atoms with Crippen molar-refractivity contribution in [2.45, 2.75) is 32.7 Å². The molecular weight excluding hydrogens is 382 g/mol. The van der Waals surface area contributed by atoms with Gasteiger partial charge in [0.05, 0.1) is 0 Å². The van der Waals surface area contributed by atoms with Crippen LogP contribution in [0.4, 0.5) is 5.69 Å². The number of carbonyl (C=O) groups is 3. The number of aryl methyl sites for hydroxylation is 1. The summed E-state index contributed by atoms with van der Waals surface area (Å²) in [6.45, 7) is 2.90. The van der Waals surface area contributed by atoms with Crippen molar-refractivity contribution in [3.63, 3.8) is 0 Å². The Hall–Kier alpha value is -3.61. The van der Waals surface area contributed by atoms with Gasteiger partial charge >= 0.3 is 5.97 Å². The van der Waals surface area contributed by atoms with Gasteiger partial charge in [0.1, 0.15) is 6.04 Å². The zero-order valence-electron chi connectivity index (χ0n) is 17.0. The Kier molecular flexibility index (Phi) is 6.85. The van der Waals surface area contributed by atoms with Crippen molar-refractivity contribution in [3.05, 3.63) is 65.9 Å². The molecule has 0 radical (unpaired) electrons. The van der Waals surface area contributed by atoms with Crippen LogP contribution in [0.25, 0.3) is 10.9 Å². The van der Waals surface area contributed by atoms with E-state index < -0.39 is 24.5 Å². The van der Waals surface area contributed by atoms with Crippen LogP contribution in [0.1, 0.15) is 25.0 Å². The second-order valence-electron chi connectivity index (χ2n) is 6.98. The zero-order chi connectivity index (χ0) is 21.5. The molecule has 7 nitrogen and oxygen atoms in total. The van der Waals surface area contributed by atoms with Crippen molar-refractivity contribution in [1.82, 2.24) is 10.3 Å². The summed E-state index contributed by atoms with van der Waals surface area (Å²) >= 11 is 0. The SMILES string of the molecule is CCc1ccccc1NC(=O)COC(=O)C(Cc1c[nH]c2ccccc12)NC(C)=O. The number of carbonyl (C=O) groups excluding carboxylic acids is 3. The van der Waals surface area contributed by atoms with Crippen molar-refractivity contribution >= 4 is 34.4 Å². The number of ether oxygens (including phenoxy) is 1. The predicted molar refractivity (Wildman–Crippen MR) is 115 cm³/mol. The first-order valence-corrected chi connectivity index (χ1v) is 9.84. The average Bonchev–Trinajstić information content (AvgIpc) is 3.14. The maximum absolute atomic E-state index is 12.6. The average molecular weight is 407 g/mol. The van der Waals surface area contributed by atoms with E-state index in [2.05, 4.69) is 15.6 Å². The number of fused-ring (bicyclic) bond motifs is 1. The highest BCUT2D eigenvalue weighted by Gasteiger charge is 2.24. The molecule has 0 aliphatic carbocycles. The molecule has 0 saturated heterocycles. The van der Waals surface area contributed by atoms with E-state index in [1.165, 1.54) is 6.92 Å². The monoisotopic (exact) mass is 407 g/mol. The van der Waals surface area contributed by atoms with Crippen molar-refractivity contribution in [3.8, 4) is 0 Å². The number of hydrogen-bond acceptors (Lipinski definition) is 4. The number of aromatic nitrogens is 1. The molecule has 1 unspecified atom stereocenters. The van der Waals surface area contributed by atoms with Crippen molar-refractivity contribution in [2.24, 2.45) is 0 Å². The molecule has 1 aromatic heterocycles. The van der Waals surface area contributed by atoms with E-state index in [0.717, 1.165) is 28.5 Å². The Labute approximate surface area is 174 Å². The molecule has 0 fully saturated rings. The molecule has 3 aromatic rings. The summed E-state index contributed by atoms with van der Waals surface area (Å²) in [4.78, 5) is 39.6. The van der Waals surface area contributed by atoms with E-state index in [-0.39, 0.29) is 12.3 Å². The molecule has 156 valence electrons. The number of H-pyrrole nitrogens is 1. The molecule has 0 aliphatic heterocycles. The Balaban J connectivity index is 1.64. The van der Waals surface area contributed by atoms with Gasteiger partial charge in [-0.3, -0.25) is 9.59 Å². The lowest BCUT2D eigenvalue weighted by atomic mass is 10.0. The van der Waals surface area contributed by atoms with Gasteiger partial charge in [0.2, 0.25) is 5.91 Å². The van der Waals surface area contributed by atoms with Crippen LogP contribution in [0.5, 0.6) is 0 Å². The van der Waals surface area contributed by atoms with Crippen molar-refractivity contribution in [2.75, 3.05) is 11.9 Å². The van der Waals surface area contributed by atoms with Crippen LogP contribution in [0, 0.1) is 0 Å². The molecule has 0 aliphatic rings. The lowest BCUT2D eigenvalue weighted by Crippen LogP contribution is -2.43. The normalized spacial score (nSPS) is 11.7. The highest BCUT2D eigenvalue weighted by Crippen LogP contribution is 2.19. The predicted octanol–water partition coefficient (Wildman–Crippen LogP) is 2.96. The second-order valence-corrected chi connectivity index (χ2v) is 6.98. The van der Waals surface area contributed by atoms with Crippen molar-refractivity contribution < 1.29 is 19.1 Å². The Morgan fingerprint density at radius 1 is 1.03 bits per heavy atom. The summed E-state index contributed by atoms with van der Waals surface area (Å²) in [5.74, 6) is -1.44. The van der Waals surface area contributed by atoms with Gasteiger partial charge in [0, 0.05) is 36.1 Å². The fourth-order valence-electron chi connectivity index (χ4n) is 3.33. The molecule has 7 heteroatoms. The number of hydrogen-bond donors (Lipinski definition) is 3. The van der Waals surface area contributed by atoms with Crippen LogP contribution >= 0.6 is 0 Å². The first-order chi connectivity index (χ1) is 14.5. The van der Waals surface area contributed by atoms with E-state index in [9.17, 15) is 14.4 Å². The number of amides is 2. The minimum atomic E-state index is -0.891. The number of esters is 1. The molecule has 0 spiro atoms. The smallest absolute Gasteiger partial charge is 0.329 e. The summed E-state index contributed by atoms with van der Waals surface area (Å²) in [5, 5.41) is 6.34. The van der Waals surface area contributed by atoms with Crippen LogP contribution in [0.2, 0.25) is 0 Å². The van der Waals surface area contributed by atoms with E-state index in [4.69, 9.17) is 4.74 Å². The molecule has 2 aromatic carbocycles. The minimum Gasteiger partial charge on any atom is -0.454 e. The molecule has 1 atom stereocenters. The maximum Gasteiger partial charge on any atom is 0.329 e. The molecule has 2 amide bonds. The Bertz CT molecular complexity index is 1060. The van der Waals surface area contributed by atoms with Crippen LogP contribution in [0.15, 0.2) is 54.7 Å². The molecule has 0 saturated carbocycles. The van der Waals surface area contributed by atoms with Crippen LogP contribution in [-0.2, 0) is 32.0 Å². The lowest BCUT2D eigenvalue weighted by Gasteiger charge is -2.17. The third-order valence-corrected chi connectivity index (χ3v) is 4.78. The van der Waals surface area contributed by atoms with Gasteiger partial charge in [0.25, 0.3) is 5.91 Å². The summed E-state index contributed by atoms with van der Waals surface area (Å²) in [6, 6.07) is 14.3. The zero-order valence-corrected chi connectivity index (χ0v) is 17.0. The lowest BCUT2D eigenvalue weighted by molar-refractivity contribution is -0.150. The van der Waals surface area contributed by atoms with Gasteiger partial charge in [-0.05, 0) is 29.7 Å². The molecule has 3 N–H and O–H groups in total. The van der Waals surface area contributed by atoms with Crippen LogP contribution in [0.3, 0.4) is 0 Å². The van der Waals surface area contributed by atoms with Crippen LogP contribution in [-0.4, -0.2) is 35.4 Å². The number of anilines is 1. The molecule has 0 bridgehead atoms. The molecule has 3 rings (SSSR count). The maximum atomic E-state index is 12.6. The van der Waals surface area contributed by atoms with E-state index in [1.807, 2.05) is 49.4 Å². The summed E-state index contributed by atoms with van der Waals surface area (Å²) in [5.41, 5.74) is 3.50. The van der Waals surface area contributed by atoms with Gasteiger partial charge in [0.15, 0.2) is 6.61 Å². The Morgan fingerprint density at radius 2 is 1.77 bits per heavy atom. The number of benzene rings is 2. The fraction of sp³-hybridized carbons (Fsp3) is 0.261. The van der Waals surface area contributed by atoms with E-state index in [1.54, 1.807) is 12.3 Å². The van der Waals surface area contributed by atoms with Gasteiger partial charge in [-0.2, -0.15) is 0 Å². The third-order valence-electron chi connectivity index (χ3n) is 4.78. The quantitative estimate of drug-likeness (QED) is 0.500. The fourth-order valence-corrected chi connectivity index (χ4v) is 3.33. The molecule has 30 heavy (non-hydrogen) atoms. The van der Waals surface area contributed by atoms with Gasteiger partial charge in [-0.25, -0.2) is 4.79 Å². The summed E-state index contributed by atoms with van der Waals surface area (Å²) < 4.78 is 5.20. The highest BCUT2D eigenvalue weighted by molar-refractivity contribution is 5.94. The number of para-hydroxylation sites is 2. The number of nitrogens with one attached hydrogen (secondary N) is 3. The molecule has 1 heterocycles.